The molecular formula is C20H20N6O5S2. The van der Waals surface area contributed by atoms with E-state index < -0.39 is 21.2 Å². The van der Waals surface area contributed by atoms with Gasteiger partial charge in [0.25, 0.3) is 10.1 Å². The maximum atomic E-state index is 11.8. The molecule has 0 heterocycles. The summed E-state index contributed by atoms with van der Waals surface area (Å²) in [6, 6.07) is 11.9. The van der Waals surface area contributed by atoms with Crippen molar-refractivity contribution >= 4 is 55.3 Å². The Morgan fingerprint density at radius 2 is 1.58 bits per heavy atom. The van der Waals surface area contributed by atoms with Gasteiger partial charge in [-0.1, -0.05) is 18.2 Å². The monoisotopic (exact) mass is 488 g/mol. The van der Waals surface area contributed by atoms with Crippen LogP contribution in [0, 0.1) is 13.8 Å². The van der Waals surface area contributed by atoms with Gasteiger partial charge < -0.3 is 16.0 Å². The first kappa shape index (κ1) is 24.1. The van der Waals surface area contributed by atoms with Gasteiger partial charge in [0, 0.05) is 0 Å². The highest BCUT2D eigenvalue weighted by Gasteiger charge is 2.18. The van der Waals surface area contributed by atoms with Gasteiger partial charge in [-0.2, -0.15) is 18.6 Å². The number of nitrogens with zero attached hydrogens (tertiary/aromatic N) is 4. The standard InChI is InChI=1S/C20H20N6O5S2/c1-11-6-7-12(2)15(8-11)24-25-16-10-17(32(27)28)19(22)20(18(16)21)26-23-13-4-3-5-14(9-13)33(29,30)31/h3-10H,21-22H2,1-2H3,(H,27,28)(H,29,30,31)/b25-24+,26-23+. The predicted octanol–water partition coefficient (Wildman–Crippen LogP) is 5.13. The zero-order chi connectivity index (χ0) is 24.3. The van der Waals surface area contributed by atoms with Crippen molar-refractivity contribution < 1.29 is 21.7 Å². The fourth-order valence-corrected chi connectivity index (χ4v) is 3.76. The molecule has 33 heavy (non-hydrogen) atoms. The third-order valence-corrected chi connectivity index (χ3v) is 6.08. The van der Waals surface area contributed by atoms with Crippen LogP contribution in [0.15, 0.2) is 78.8 Å². The Bertz CT molecular complexity index is 1420. The lowest BCUT2D eigenvalue weighted by Crippen LogP contribution is -2.00. The van der Waals surface area contributed by atoms with E-state index in [1.54, 1.807) is 0 Å². The summed E-state index contributed by atoms with van der Waals surface area (Å²) < 4.78 is 53.3. The van der Waals surface area contributed by atoms with Gasteiger partial charge in [-0.05, 0) is 55.3 Å². The number of azo groups is 2. The Morgan fingerprint density at radius 1 is 0.879 bits per heavy atom. The van der Waals surface area contributed by atoms with E-state index in [4.69, 9.17) is 11.5 Å². The number of benzene rings is 3. The van der Waals surface area contributed by atoms with Gasteiger partial charge in [0.2, 0.25) is 0 Å². The minimum atomic E-state index is -4.44. The van der Waals surface area contributed by atoms with Crippen molar-refractivity contribution in [3.05, 3.63) is 59.7 Å². The van der Waals surface area contributed by atoms with E-state index in [-0.39, 0.29) is 38.2 Å². The smallest absolute Gasteiger partial charge is 0.294 e. The van der Waals surface area contributed by atoms with Crippen molar-refractivity contribution in [2.75, 3.05) is 11.5 Å². The summed E-state index contributed by atoms with van der Waals surface area (Å²) in [5, 5.41) is 16.1. The average molecular weight is 489 g/mol. The minimum Gasteiger partial charge on any atom is -0.396 e. The van der Waals surface area contributed by atoms with Crippen LogP contribution in [-0.2, 0) is 21.2 Å². The first-order chi connectivity index (χ1) is 15.5. The van der Waals surface area contributed by atoms with Gasteiger partial charge in [-0.15, -0.1) is 10.2 Å². The fourth-order valence-electron chi connectivity index (χ4n) is 2.75. The highest BCUT2D eigenvalue weighted by atomic mass is 32.2. The second kappa shape index (κ2) is 9.54. The molecule has 0 aliphatic heterocycles. The molecule has 11 nitrogen and oxygen atoms in total. The Hall–Kier alpha value is -3.52. The molecule has 6 N–H and O–H groups in total. The van der Waals surface area contributed by atoms with Crippen molar-refractivity contribution in [3.8, 4) is 0 Å². The van der Waals surface area contributed by atoms with E-state index in [0.717, 1.165) is 17.2 Å². The van der Waals surface area contributed by atoms with Crippen LogP contribution in [-0.4, -0.2) is 21.7 Å². The topological polar surface area (TPSA) is 193 Å². The molecule has 3 rings (SSSR count). The Morgan fingerprint density at radius 3 is 2.24 bits per heavy atom. The number of nitrogens with two attached hydrogens (primary N) is 2. The minimum absolute atomic E-state index is 0.0446. The summed E-state index contributed by atoms with van der Waals surface area (Å²) in [4.78, 5) is -0.576. The quantitative estimate of drug-likeness (QED) is 0.160. The van der Waals surface area contributed by atoms with Crippen molar-refractivity contribution in [2.24, 2.45) is 20.5 Å². The number of rotatable bonds is 6. The van der Waals surface area contributed by atoms with E-state index in [0.29, 0.717) is 5.69 Å². The summed E-state index contributed by atoms with van der Waals surface area (Å²) >= 11 is -2.49. The zero-order valence-electron chi connectivity index (χ0n) is 17.5. The lowest BCUT2D eigenvalue weighted by atomic mass is 10.1. The Balaban J connectivity index is 2.09. The van der Waals surface area contributed by atoms with Crippen LogP contribution < -0.4 is 11.5 Å². The maximum Gasteiger partial charge on any atom is 0.294 e. The van der Waals surface area contributed by atoms with E-state index >= 15 is 0 Å². The normalized spacial score (nSPS) is 13.1. The number of aryl methyl sites for hydroxylation is 2. The number of nitrogen functional groups attached to an aromatic ring is 2. The van der Waals surface area contributed by atoms with Crippen LogP contribution in [0.2, 0.25) is 0 Å². The molecule has 0 aromatic heterocycles. The Kier molecular flexibility index (Phi) is 6.98. The molecule has 0 radical (unpaired) electrons. The van der Waals surface area contributed by atoms with Crippen LogP contribution in [0.4, 0.5) is 34.1 Å². The molecule has 13 heteroatoms. The SMILES string of the molecule is Cc1ccc(C)c(/N=N/c2cc(S(=O)O)c(N)c(/N=N/c3cccc(S(=O)(=O)O)c3)c2N)c1. The summed E-state index contributed by atoms with van der Waals surface area (Å²) in [5.41, 5.74) is 14.3. The first-order valence-corrected chi connectivity index (χ1v) is 11.8. The summed E-state index contributed by atoms with van der Waals surface area (Å²) in [5.74, 6) is 0. The molecule has 0 amide bonds. The number of hydrogen-bond donors (Lipinski definition) is 4. The molecule has 0 bridgehead atoms. The number of hydrogen-bond acceptors (Lipinski definition) is 9. The molecule has 172 valence electrons. The van der Waals surface area contributed by atoms with E-state index in [1.165, 1.54) is 24.3 Å². The van der Waals surface area contributed by atoms with Gasteiger partial charge in [-0.3, -0.25) is 4.55 Å². The molecular weight excluding hydrogens is 468 g/mol. The van der Waals surface area contributed by atoms with Crippen LogP contribution in [0.3, 0.4) is 0 Å². The zero-order valence-corrected chi connectivity index (χ0v) is 19.1. The highest BCUT2D eigenvalue weighted by Crippen LogP contribution is 2.42. The van der Waals surface area contributed by atoms with Crippen LogP contribution >= 0.6 is 0 Å². The third-order valence-electron chi connectivity index (χ3n) is 4.52. The summed E-state index contributed by atoms with van der Waals surface area (Å²) in [6.45, 7) is 3.76. The molecule has 0 saturated carbocycles. The van der Waals surface area contributed by atoms with Crippen molar-refractivity contribution in [2.45, 2.75) is 23.6 Å². The molecule has 3 aromatic carbocycles. The van der Waals surface area contributed by atoms with Gasteiger partial charge in [0.15, 0.2) is 11.1 Å². The van der Waals surface area contributed by atoms with Gasteiger partial charge in [0.1, 0.15) is 11.4 Å². The van der Waals surface area contributed by atoms with Crippen molar-refractivity contribution in [3.63, 3.8) is 0 Å². The molecule has 3 aromatic rings. The second-order valence-corrected chi connectivity index (χ2v) is 9.34. The van der Waals surface area contributed by atoms with Crippen molar-refractivity contribution in [1.82, 2.24) is 0 Å². The fraction of sp³-hybridized carbons (Fsp3) is 0.100. The lowest BCUT2D eigenvalue weighted by Gasteiger charge is -2.10. The van der Waals surface area contributed by atoms with E-state index in [2.05, 4.69) is 20.5 Å². The molecule has 1 atom stereocenters. The van der Waals surface area contributed by atoms with E-state index in [9.17, 15) is 21.7 Å². The van der Waals surface area contributed by atoms with Crippen LogP contribution in [0.5, 0.6) is 0 Å². The molecule has 0 aliphatic carbocycles. The van der Waals surface area contributed by atoms with Crippen LogP contribution in [0.25, 0.3) is 0 Å². The molecule has 0 spiro atoms. The summed E-state index contributed by atoms with van der Waals surface area (Å²) in [6.07, 6.45) is 0. The Labute approximate surface area is 192 Å². The molecule has 0 aliphatic rings. The van der Waals surface area contributed by atoms with Crippen LogP contribution in [0.1, 0.15) is 11.1 Å². The lowest BCUT2D eigenvalue weighted by molar-refractivity contribution is 0.483. The molecule has 0 fully saturated rings. The number of anilines is 2. The molecule has 0 saturated heterocycles. The largest absolute Gasteiger partial charge is 0.396 e. The van der Waals surface area contributed by atoms with Gasteiger partial charge in [-0.25, -0.2) is 4.21 Å². The van der Waals surface area contributed by atoms with Crippen molar-refractivity contribution in [1.29, 1.82) is 0 Å². The second-order valence-electron chi connectivity index (χ2n) is 6.98. The summed E-state index contributed by atoms with van der Waals surface area (Å²) in [7, 11) is -4.44. The van der Waals surface area contributed by atoms with E-state index in [1.807, 2.05) is 32.0 Å². The first-order valence-electron chi connectivity index (χ1n) is 9.28. The van der Waals surface area contributed by atoms with Gasteiger partial charge >= 0.3 is 0 Å². The maximum absolute atomic E-state index is 11.8. The van der Waals surface area contributed by atoms with Gasteiger partial charge in [0.05, 0.1) is 32.5 Å². The molecule has 1 unspecified atom stereocenters. The third kappa shape index (κ3) is 5.64. The average Bonchev–Trinajstić information content (AvgIpc) is 2.74. The predicted molar refractivity (Wildman–Crippen MR) is 125 cm³/mol. The highest BCUT2D eigenvalue weighted by molar-refractivity contribution is 7.85.